The van der Waals surface area contributed by atoms with Crippen LogP contribution in [-0.4, -0.2) is 0 Å². The quantitative estimate of drug-likeness (QED) is 0.412. The van der Waals surface area contributed by atoms with E-state index in [2.05, 4.69) is 0 Å². The van der Waals surface area contributed by atoms with Gasteiger partial charge in [-0.15, -0.1) is 0 Å². The molecule has 2 heteroatoms. The van der Waals surface area contributed by atoms with Crippen molar-refractivity contribution >= 4 is 44.3 Å². The van der Waals surface area contributed by atoms with E-state index in [9.17, 15) is 0 Å². The van der Waals surface area contributed by atoms with Gasteiger partial charge in [-0.1, -0.05) is 41.8 Å². The molecule has 4 aromatic rings. The molecule has 0 aliphatic carbocycles. The highest BCUT2D eigenvalue weighted by molar-refractivity contribution is 6.32. The van der Waals surface area contributed by atoms with Gasteiger partial charge in [0, 0.05) is 15.8 Å². The number of para-hydroxylation sites is 1. The summed E-state index contributed by atoms with van der Waals surface area (Å²) in [7, 11) is 0. The van der Waals surface area contributed by atoms with Gasteiger partial charge in [0.1, 0.15) is 11.2 Å². The smallest absolute Gasteiger partial charge is 0.136 e. The van der Waals surface area contributed by atoms with Crippen LogP contribution < -0.4 is 0 Å². The highest BCUT2D eigenvalue weighted by atomic mass is 35.5. The Balaban J connectivity index is 2.46. The molecule has 0 atom stereocenters. The molecule has 86 valence electrons. The van der Waals surface area contributed by atoms with Crippen molar-refractivity contribution < 1.29 is 14.0 Å². The number of hydrogen-bond acceptors (Lipinski definition) is 1. The van der Waals surface area contributed by atoms with Crippen LogP contribution in [0.25, 0.3) is 32.7 Å². The third-order valence-corrected chi connectivity index (χ3v) is 3.02. The zero-order valence-corrected chi connectivity index (χ0v) is 9.70. The van der Waals surface area contributed by atoms with E-state index in [1.807, 2.05) is 0 Å². The zero-order chi connectivity index (χ0) is 18.2. The fourth-order valence-corrected chi connectivity index (χ4v) is 2.21. The number of benzene rings is 3. The van der Waals surface area contributed by atoms with Gasteiger partial charge in [0.2, 0.25) is 0 Å². The summed E-state index contributed by atoms with van der Waals surface area (Å²) in [6.07, 6.45) is 0. The van der Waals surface area contributed by atoms with E-state index >= 15 is 0 Å². The van der Waals surface area contributed by atoms with Crippen LogP contribution in [0.2, 0.25) is 5.02 Å². The Morgan fingerprint density at radius 3 is 2.78 bits per heavy atom. The van der Waals surface area contributed by atoms with Gasteiger partial charge in [0.05, 0.1) is 9.60 Å². The lowest BCUT2D eigenvalue weighted by Crippen LogP contribution is -1.74. The van der Waals surface area contributed by atoms with Crippen molar-refractivity contribution in [2.45, 2.75) is 0 Å². The molecular formula is C16H9ClO. The molecule has 0 spiro atoms. The molecule has 1 nitrogen and oxygen atoms in total. The molecule has 0 fully saturated rings. The number of hydrogen-bond donors (Lipinski definition) is 0. The summed E-state index contributed by atoms with van der Waals surface area (Å²) in [6, 6.07) is 0.911. The van der Waals surface area contributed by atoms with E-state index in [-0.39, 0.29) is 67.9 Å². The molecule has 4 rings (SSSR count). The maximum Gasteiger partial charge on any atom is 0.136 e. The summed E-state index contributed by atoms with van der Waals surface area (Å²) in [5.41, 5.74) is -0.119. The first-order chi connectivity index (χ1) is 11.7. The fraction of sp³-hybridized carbons (Fsp3) is 0. The molecule has 1 heterocycles. The largest absolute Gasteiger partial charge is 0.456 e. The molecule has 0 radical (unpaired) electrons. The predicted octanol–water partition coefficient (Wildman–Crippen LogP) is 5.39. The molecule has 0 N–H and O–H groups in total. The zero-order valence-electron chi connectivity index (χ0n) is 15.9. The predicted molar refractivity (Wildman–Crippen MR) is 76.2 cm³/mol. The Bertz CT molecular complexity index is 1230. The minimum atomic E-state index is -0.437. The number of halogens is 1. The number of furan rings is 1. The molecule has 1 aromatic heterocycles. The van der Waals surface area contributed by atoms with Crippen LogP contribution in [0.5, 0.6) is 0 Å². The molecular weight excluding hydrogens is 244 g/mol. The van der Waals surface area contributed by atoms with E-state index in [0.717, 1.165) is 0 Å². The monoisotopic (exact) mass is 259 g/mol. The molecule has 18 heavy (non-hydrogen) atoms. The molecule has 0 bridgehead atoms. The van der Waals surface area contributed by atoms with E-state index in [0.29, 0.717) is 0 Å². The highest BCUT2D eigenvalue weighted by Crippen LogP contribution is 2.35. The lowest BCUT2D eigenvalue weighted by Gasteiger charge is -2.00. The molecule has 0 aliphatic rings. The Morgan fingerprint density at radius 2 is 1.83 bits per heavy atom. The van der Waals surface area contributed by atoms with Crippen LogP contribution in [-0.2, 0) is 0 Å². The second-order valence-electron chi connectivity index (χ2n) is 3.87. The molecule has 0 amide bonds. The van der Waals surface area contributed by atoms with E-state index in [4.69, 9.17) is 25.6 Å². The topological polar surface area (TPSA) is 13.1 Å². The Labute approximate surface area is 118 Å². The van der Waals surface area contributed by atoms with Crippen molar-refractivity contribution in [1.29, 1.82) is 0 Å². The van der Waals surface area contributed by atoms with Crippen molar-refractivity contribution in [1.82, 2.24) is 0 Å². The fourth-order valence-electron chi connectivity index (χ4n) is 2.05. The van der Waals surface area contributed by atoms with Crippen LogP contribution in [0.3, 0.4) is 0 Å². The first-order valence-electron chi connectivity index (χ1n) is 8.75. The molecule has 3 aromatic carbocycles. The van der Waals surface area contributed by atoms with Crippen molar-refractivity contribution in [3.63, 3.8) is 0 Å². The second-order valence-corrected chi connectivity index (χ2v) is 4.30. The lowest BCUT2D eigenvalue weighted by molar-refractivity contribution is 0.669. The van der Waals surface area contributed by atoms with Gasteiger partial charge in [0.15, 0.2) is 0 Å². The van der Waals surface area contributed by atoms with E-state index in [1.54, 1.807) is 0 Å². The van der Waals surface area contributed by atoms with Crippen LogP contribution in [0.4, 0.5) is 0 Å². The Kier molecular flexibility index (Phi) is 1.04. The maximum absolute atomic E-state index is 8.23. The standard InChI is InChI=1S/C16H9ClO/c17-11-6-7-12-10(9-11)5-8-15-16(12)13-3-1-2-4-14(13)18-15/h1-9H/i1D,2D,3D,4D,5D,7D,8D. The van der Waals surface area contributed by atoms with Crippen LogP contribution in [0.15, 0.2) is 58.8 Å². The average Bonchev–Trinajstić information content (AvgIpc) is 2.96. The molecule has 0 saturated carbocycles. The van der Waals surface area contributed by atoms with Crippen LogP contribution in [0, 0.1) is 0 Å². The summed E-state index contributed by atoms with van der Waals surface area (Å²) in [4.78, 5) is 0. The molecule has 0 saturated heterocycles. The molecule has 0 unspecified atom stereocenters. The average molecular weight is 260 g/mol. The van der Waals surface area contributed by atoms with Gasteiger partial charge < -0.3 is 4.42 Å². The summed E-state index contributed by atoms with van der Waals surface area (Å²) >= 11 is 5.98. The van der Waals surface area contributed by atoms with E-state index < -0.39 is 12.1 Å². The SMILES string of the molecule is [2H]c1c([2H])c([2H])c2c(oc3c([2H])c([2H])c4cc(Cl)cc([2H])c4c32)c1[2H]. The van der Waals surface area contributed by atoms with Gasteiger partial charge in [-0.05, 0) is 35.0 Å². The van der Waals surface area contributed by atoms with Gasteiger partial charge >= 0.3 is 0 Å². The van der Waals surface area contributed by atoms with Crippen LogP contribution >= 0.6 is 11.6 Å². The Morgan fingerprint density at radius 1 is 0.944 bits per heavy atom. The number of fused-ring (bicyclic) bond motifs is 5. The minimum absolute atomic E-state index is 0.00360. The van der Waals surface area contributed by atoms with Crippen molar-refractivity contribution in [3.05, 3.63) is 59.5 Å². The van der Waals surface area contributed by atoms with Crippen molar-refractivity contribution in [3.8, 4) is 0 Å². The second kappa shape index (κ2) is 3.50. The van der Waals surface area contributed by atoms with Gasteiger partial charge in [0.25, 0.3) is 0 Å². The third-order valence-electron chi connectivity index (χ3n) is 2.80. The van der Waals surface area contributed by atoms with E-state index in [1.165, 1.54) is 12.1 Å². The summed E-state index contributed by atoms with van der Waals surface area (Å²) in [5, 5.41) is 1.14. The third kappa shape index (κ3) is 1.28. The normalized spacial score (nSPS) is 17.1. The summed E-state index contributed by atoms with van der Waals surface area (Å²) < 4.78 is 62.0. The maximum atomic E-state index is 8.23. The molecule has 0 aliphatic heterocycles. The highest BCUT2D eigenvalue weighted by Gasteiger charge is 2.09. The van der Waals surface area contributed by atoms with Gasteiger partial charge in [-0.2, -0.15) is 0 Å². The van der Waals surface area contributed by atoms with Crippen molar-refractivity contribution in [2.75, 3.05) is 0 Å². The summed E-state index contributed by atoms with van der Waals surface area (Å²) in [5.74, 6) is 0. The van der Waals surface area contributed by atoms with Gasteiger partial charge in [-0.3, -0.25) is 0 Å². The van der Waals surface area contributed by atoms with Crippen molar-refractivity contribution in [2.24, 2.45) is 0 Å². The Hall–Kier alpha value is -1.99. The minimum Gasteiger partial charge on any atom is -0.456 e. The number of rotatable bonds is 0. The van der Waals surface area contributed by atoms with Gasteiger partial charge in [-0.25, -0.2) is 0 Å². The first kappa shape index (κ1) is 5.33. The summed E-state index contributed by atoms with van der Waals surface area (Å²) in [6.45, 7) is 0. The van der Waals surface area contributed by atoms with Crippen LogP contribution in [0.1, 0.15) is 9.60 Å². The first-order valence-corrected chi connectivity index (χ1v) is 5.63. The lowest BCUT2D eigenvalue weighted by atomic mass is 10.0.